The highest BCUT2D eigenvalue weighted by Crippen LogP contribution is 2.50. The molecule has 0 amide bonds. The number of sulfone groups is 1. The molecule has 1 fully saturated rings. The van der Waals surface area contributed by atoms with Crippen molar-refractivity contribution >= 4 is 9.84 Å². The first-order valence-corrected chi connectivity index (χ1v) is 8.63. The van der Waals surface area contributed by atoms with Crippen LogP contribution in [0.4, 0.5) is 22.0 Å². The molecule has 2 aliphatic rings. The second-order valence-electron chi connectivity index (χ2n) is 5.91. The highest BCUT2D eigenvalue weighted by Gasteiger charge is 2.55. The molecule has 0 aromatic heterocycles. The summed E-state index contributed by atoms with van der Waals surface area (Å²) in [4.78, 5) is -1.35. The predicted octanol–water partition coefficient (Wildman–Crippen LogP) is 3.14. The van der Waals surface area contributed by atoms with E-state index in [1.54, 1.807) is 0 Å². The smallest absolute Gasteiger partial charge is 0.490 e. The molecule has 0 bridgehead atoms. The van der Waals surface area contributed by atoms with Gasteiger partial charge in [-0.25, -0.2) is 17.2 Å². The third-order valence-electron chi connectivity index (χ3n) is 4.30. The molecule has 1 aromatic carbocycles. The molecule has 0 aliphatic heterocycles. The van der Waals surface area contributed by atoms with Gasteiger partial charge in [-0.2, -0.15) is 13.2 Å². The minimum absolute atomic E-state index is 0.105. The highest BCUT2D eigenvalue weighted by atomic mass is 32.2. The molecule has 3 rings (SSSR count). The molecule has 1 aromatic rings. The lowest BCUT2D eigenvalue weighted by molar-refractivity contribution is -0.0979. The van der Waals surface area contributed by atoms with Gasteiger partial charge < -0.3 is 9.84 Å². The molecule has 1 unspecified atom stereocenters. The fourth-order valence-corrected chi connectivity index (χ4v) is 3.81. The topological polar surface area (TPSA) is 63.6 Å². The molecule has 1 saturated carbocycles. The Balaban J connectivity index is 2.15. The standard InChI is InChI=1S/C14H13F5O4S/c15-13(16)6-8-9(23-7-2-1-3-7)4-5-10(11(8)12(13)20)24(21,22)14(17,18)19/h4-5,7,12,20H,1-3,6H2. The number of hydrogen-bond donors (Lipinski definition) is 1. The maximum Gasteiger partial charge on any atom is 0.501 e. The van der Waals surface area contributed by atoms with Crippen LogP contribution in [0.3, 0.4) is 0 Å². The zero-order chi connectivity index (χ0) is 17.9. The number of alkyl halides is 5. The molecule has 0 spiro atoms. The molecular weight excluding hydrogens is 359 g/mol. The number of aliphatic hydroxyl groups excluding tert-OH is 1. The SMILES string of the molecule is O=S(=O)(c1ccc(OC2CCC2)c2c1C(O)C(F)(F)C2)C(F)(F)F. The van der Waals surface area contributed by atoms with Crippen molar-refractivity contribution in [2.24, 2.45) is 0 Å². The quantitative estimate of drug-likeness (QED) is 0.828. The van der Waals surface area contributed by atoms with E-state index in [1.165, 1.54) is 0 Å². The molecule has 0 radical (unpaired) electrons. The molecule has 1 atom stereocenters. The maximum atomic E-state index is 13.8. The van der Waals surface area contributed by atoms with Gasteiger partial charge >= 0.3 is 5.51 Å². The van der Waals surface area contributed by atoms with Crippen LogP contribution in [-0.2, 0) is 16.3 Å². The number of halogens is 5. The number of ether oxygens (including phenoxy) is 1. The van der Waals surface area contributed by atoms with Gasteiger partial charge in [-0.15, -0.1) is 0 Å². The van der Waals surface area contributed by atoms with Crippen molar-refractivity contribution in [3.8, 4) is 5.75 Å². The minimum Gasteiger partial charge on any atom is -0.490 e. The average molecular weight is 372 g/mol. The van der Waals surface area contributed by atoms with Crippen LogP contribution in [0, 0.1) is 0 Å². The Hall–Kier alpha value is -1.42. The van der Waals surface area contributed by atoms with E-state index < -0.39 is 44.3 Å². The van der Waals surface area contributed by atoms with Crippen LogP contribution in [-0.4, -0.2) is 31.1 Å². The lowest BCUT2D eigenvalue weighted by Crippen LogP contribution is -2.27. The second-order valence-corrected chi connectivity index (χ2v) is 7.82. The summed E-state index contributed by atoms with van der Waals surface area (Å²) in [6.07, 6.45) is -1.72. The summed E-state index contributed by atoms with van der Waals surface area (Å²) in [5.74, 6) is -3.87. The molecular formula is C14H13F5O4S. The zero-order valence-electron chi connectivity index (χ0n) is 12.1. The van der Waals surface area contributed by atoms with E-state index in [0.29, 0.717) is 18.9 Å². The Bertz CT molecular complexity index is 768. The molecule has 0 saturated heterocycles. The van der Waals surface area contributed by atoms with Crippen LogP contribution in [0.15, 0.2) is 17.0 Å². The average Bonchev–Trinajstić information content (AvgIpc) is 2.64. The van der Waals surface area contributed by atoms with Gasteiger partial charge in [0, 0.05) is 17.5 Å². The third-order valence-corrected chi connectivity index (χ3v) is 5.84. The largest absolute Gasteiger partial charge is 0.501 e. The summed E-state index contributed by atoms with van der Waals surface area (Å²) in [5, 5.41) is 9.71. The van der Waals surface area contributed by atoms with Gasteiger partial charge in [0.05, 0.1) is 11.0 Å². The molecule has 0 heterocycles. The van der Waals surface area contributed by atoms with Gasteiger partial charge in [0.25, 0.3) is 15.8 Å². The summed E-state index contributed by atoms with van der Waals surface area (Å²) in [6, 6.07) is 1.52. The summed E-state index contributed by atoms with van der Waals surface area (Å²) < 4.78 is 94.8. The van der Waals surface area contributed by atoms with E-state index in [-0.39, 0.29) is 17.4 Å². The van der Waals surface area contributed by atoms with E-state index in [9.17, 15) is 35.5 Å². The molecule has 10 heteroatoms. The van der Waals surface area contributed by atoms with Crippen LogP contribution in [0.1, 0.15) is 36.5 Å². The van der Waals surface area contributed by atoms with E-state index in [4.69, 9.17) is 4.74 Å². The monoisotopic (exact) mass is 372 g/mol. The Morgan fingerprint density at radius 3 is 2.33 bits per heavy atom. The van der Waals surface area contributed by atoms with E-state index in [0.717, 1.165) is 12.5 Å². The number of rotatable bonds is 3. The minimum atomic E-state index is -5.87. The molecule has 24 heavy (non-hydrogen) atoms. The number of fused-ring (bicyclic) bond motifs is 1. The highest BCUT2D eigenvalue weighted by molar-refractivity contribution is 7.92. The number of hydrogen-bond acceptors (Lipinski definition) is 4. The van der Waals surface area contributed by atoms with Crippen LogP contribution in [0.2, 0.25) is 0 Å². The maximum absolute atomic E-state index is 13.8. The van der Waals surface area contributed by atoms with Crippen molar-refractivity contribution in [1.82, 2.24) is 0 Å². The fourth-order valence-electron chi connectivity index (χ4n) is 2.79. The van der Waals surface area contributed by atoms with Crippen LogP contribution in [0.25, 0.3) is 0 Å². The van der Waals surface area contributed by atoms with E-state index in [1.807, 2.05) is 0 Å². The van der Waals surface area contributed by atoms with Crippen molar-refractivity contribution in [2.45, 2.75) is 54.2 Å². The molecule has 4 nitrogen and oxygen atoms in total. The first-order chi connectivity index (χ1) is 10.9. The van der Waals surface area contributed by atoms with Gasteiger partial charge in [-0.1, -0.05) is 0 Å². The summed E-state index contributed by atoms with van der Waals surface area (Å²) >= 11 is 0. The van der Waals surface area contributed by atoms with E-state index >= 15 is 0 Å². The fraction of sp³-hybridized carbons (Fsp3) is 0.571. The van der Waals surface area contributed by atoms with Crippen molar-refractivity contribution in [3.63, 3.8) is 0 Å². The number of benzene rings is 1. The first kappa shape index (κ1) is 17.4. The molecule has 1 N–H and O–H groups in total. The Kier molecular flexibility index (Phi) is 3.83. The Morgan fingerprint density at radius 2 is 1.83 bits per heavy atom. The predicted molar refractivity (Wildman–Crippen MR) is 71.6 cm³/mol. The van der Waals surface area contributed by atoms with E-state index in [2.05, 4.69) is 0 Å². The summed E-state index contributed by atoms with van der Waals surface area (Å²) in [5.41, 5.74) is -6.96. The number of aliphatic hydroxyl groups is 1. The van der Waals surface area contributed by atoms with Crippen LogP contribution >= 0.6 is 0 Å². The lowest BCUT2D eigenvalue weighted by Gasteiger charge is -2.27. The Labute approximate surface area is 134 Å². The lowest BCUT2D eigenvalue weighted by atomic mass is 9.96. The van der Waals surface area contributed by atoms with Crippen LogP contribution < -0.4 is 4.74 Å². The second kappa shape index (κ2) is 5.29. The van der Waals surface area contributed by atoms with Gasteiger partial charge in [0.15, 0.2) is 0 Å². The zero-order valence-corrected chi connectivity index (χ0v) is 12.9. The Morgan fingerprint density at radius 1 is 1.21 bits per heavy atom. The summed E-state index contributed by atoms with van der Waals surface area (Å²) in [6.45, 7) is 0. The van der Waals surface area contributed by atoms with Crippen molar-refractivity contribution in [2.75, 3.05) is 0 Å². The van der Waals surface area contributed by atoms with Crippen molar-refractivity contribution in [1.29, 1.82) is 0 Å². The van der Waals surface area contributed by atoms with Crippen LogP contribution in [0.5, 0.6) is 5.75 Å². The van der Waals surface area contributed by atoms with Gasteiger partial charge in [-0.05, 0) is 31.4 Å². The van der Waals surface area contributed by atoms with Gasteiger partial charge in [0.1, 0.15) is 11.9 Å². The summed E-state index contributed by atoms with van der Waals surface area (Å²) in [7, 11) is -5.87. The molecule has 2 aliphatic carbocycles. The third kappa shape index (κ3) is 2.55. The van der Waals surface area contributed by atoms with Gasteiger partial charge in [-0.3, -0.25) is 0 Å². The normalized spacial score (nSPS) is 23.7. The van der Waals surface area contributed by atoms with Crippen molar-refractivity contribution < 1.29 is 40.2 Å². The first-order valence-electron chi connectivity index (χ1n) is 7.15. The van der Waals surface area contributed by atoms with Gasteiger partial charge in [0.2, 0.25) is 0 Å². The molecule has 134 valence electrons. The van der Waals surface area contributed by atoms with Crippen molar-refractivity contribution in [3.05, 3.63) is 23.3 Å².